The highest BCUT2D eigenvalue weighted by Gasteiger charge is 2.29. The third kappa shape index (κ3) is 4.42. The monoisotopic (exact) mass is 352 g/mol. The molecule has 2 N–H and O–H groups in total. The minimum Gasteiger partial charge on any atom is -0.497 e. The van der Waals surface area contributed by atoms with Gasteiger partial charge in [0.15, 0.2) is 0 Å². The van der Waals surface area contributed by atoms with Gasteiger partial charge in [0.1, 0.15) is 5.75 Å². The van der Waals surface area contributed by atoms with Gasteiger partial charge in [-0.1, -0.05) is 19.1 Å². The molecule has 136 valence electrons. The summed E-state index contributed by atoms with van der Waals surface area (Å²) in [6.45, 7) is 2.03. The number of carbonyl (C=O) groups is 2. The zero-order chi connectivity index (χ0) is 18.5. The summed E-state index contributed by atoms with van der Waals surface area (Å²) in [5.41, 5.74) is 2.33. The summed E-state index contributed by atoms with van der Waals surface area (Å²) < 4.78 is 5.17. The van der Waals surface area contributed by atoms with E-state index in [9.17, 15) is 9.59 Å². The van der Waals surface area contributed by atoms with Crippen molar-refractivity contribution < 1.29 is 14.3 Å². The maximum absolute atomic E-state index is 12.5. The minimum absolute atomic E-state index is 0.0627. The standard InChI is InChI=1S/C21H24N2O3/c1-3-19(14-8-12-18(26-2)13-9-14)23-21(25)16-6-10-17(11-7-16)22-20(24)15-4-5-15/h6-13,15,19H,3-5H2,1-2H3,(H,22,24)(H,23,25). The van der Waals surface area contributed by atoms with E-state index in [0.29, 0.717) is 5.56 Å². The maximum atomic E-state index is 12.5. The molecule has 5 nitrogen and oxygen atoms in total. The summed E-state index contributed by atoms with van der Waals surface area (Å²) in [6.07, 6.45) is 2.72. The number of anilines is 1. The first-order chi connectivity index (χ1) is 12.6. The van der Waals surface area contributed by atoms with Gasteiger partial charge in [-0.05, 0) is 61.2 Å². The van der Waals surface area contributed by atoms with Gasteiger partial charge in [-0.15, -0.1) is 0 Å². The lowest BCUT2D eigenvalue weighted by Crippen LogP contribution is -2.28. The van der Waals surface area contributed by atoms with E-state index in [-0.39, 0.29) is 23.8 Å². The number of benzene rings is 2. The smallest absolute Gasteiger partial charge is 0.251 e. The SMILES string of the molecule is CCC(NC(=O)c1ccc(NC(=O)C2CC2)cc1)c1ccc(OC)cc1. The van der Waals surface area contributed by atoms with Gasteiger partial charge in [-0.25, -0.2) is 0 Å². The van der Waals surface area contributed by atoms with E-state index in [1.54, 1.807) is 31.4 Å². The number of hydrogen-bond acceptors (Lipinski definition) is 3. The van der Waals surface area contributed by atoms with Crippen LogP contribution in [0.3, 0.4) is 0 Å². The summed E-state index contributed by atoms with van der Waals surface area (Å²) in [7, 11) is 1.63. The van der Waals surface area contributed by atoms with E-state index in [1.165, 1.54) is 0 Å². The van der Waals surface area contributed by atoms with Gasteiger partial charge in [0.25, 0.3) is 5.91 Å². The van der Waals surface area contributed by atoms with Gasteiger partial charge in [0.2, 0.25) is 5.91 Å². The van der Waals surface area contributed by atoms with Crippen LogP contribution in [-0.2, 0) is 4.79 Å². The average molecular weight is 352 g/mol. The summed E-state index contributed by atoms with van der Waals surface area (Å²) in [5, 5.41) is 5.93. The molecule has 3 rings (SSSR count). The lowest BCUT2D eigenvalue weighted by molar-refractivity contribution is -0.117. The number of hydrogen-bond donors (Lipinski definition) is 2. The number of methoxy groups -OCH3 is 1. The van der Waals surface area contributed by atoms with Crippen molar-refractivity contribution in [2.45, 2.75) is 32.2 Å². The zero-order valence-electron chi connectivity index (χ0n) is 15.1. The highest BCUT2D eigenvalue weighted by Crippen LogP contribution is 2.30. The lowest BCUT2D eigenvalue weighted by Gasteiger charge is -2.18. The Labute approximate surface area is 153 Å². The molecular weight excluding hydrogens is 328 g/mol. The van der Waals surface area contributed by atoms with Crippen LogP contribution < -0.4 is 15.4 Å². The van der Waals surface area contributed by atoms with Gasteiger partial charge in [0.05, 0.1) is 13.2 Å². The van der Waals surface area contributed by atoms with E-state index < -0.39 is 0 Å². The second-order valence-electron chi connectivity index (χ2n) is 6.55. The van der Waals surface area contributed by atoms with Crippen LogP contribution in [0.2, 0.25) is 0 Å². The third-order valence-corrected chi connectivity index (χ3v) is 4.59. The fraction of sp³-hybridized carbons (Fsp3) is 0.333. The van der Waals surface area contributed by atoms with Crippen LogP contribution in [0.4, 0.5) is 5.69 Å². The third-order valence-electron chi connectivity index (χ3n) is 4.59. The molecule has 0 aliphatic heterocycles. The largest absolute Gasteiger partial charge is 0.497 e. The van der Waals surface area contributed by atoms with E-state index in [2.05, 4.69) is 10.6 Å². The van der Waals surface area contributed by atoms with Gasteiger partial charge in [-0.3, -0.25) is 9.59 Å². The highest BCUT2D eigenvalue weighted by molar-refractivity contribution is 5.97. The Balaban J connectivity index is 1.62. The van der Waals surface area contributed by atoms with Crippen LogP contribution in [0.25, 0.3) is 0 Å². The molecule has 1 atom stereocenters. The first-order valence-corrected chi connectivity index (χ1v) is 8.96. The lowest BCUT2D eigenvalue weighted by atomic mass is 10.0. The molecule has 1 aliphatic rings. The summed E-state index contributed by atoms with van der Waals surface area (Å²) in [6, 6.07) is 14.6. The van der Waals surface area contributed by atoms with E-state index in [1.807, 2.05) is 31.2 Å². The van der Waals surface area contributed by atoms with Crippen molar-refractivity contribution in [2.24, 2.45) is 5.92 Å². The molecule has 0 spiro atoms. The van der Waals surface area contributed by atoms with Gasteiger partial charge in [-0.2, -0.15) is 0 Å². The van der Waals surface area contributed by atoms with Gasteiger partial charge >= 0.3 is 0 Å². The fourth-order valence-corrected chi connectivity index (χ4v) is 2.79. The summed E-state index contributed by atoms with van der Waals surface area (Å²) >= 11 is 0. The van der Waals surface area contributed by atoms with Crippen molar-refractivity contribution in [3.63, 3.8) is 0 Å². The van der Waals surface area contributed by atoms with Crippen LogP contribution in [0.1, 0.15) is 48.1 Å². The average Bonchev–Trinajstić information content (AvgIpc) is 3.52. The zero-order valence-corrected chi connectivity index (χ0v) is 15.1. The molecule has 1 saturated carbocycles. The highest BCUT2D eigenvalue weighted by atomic mass is 16.5. The Morgan fingerprint density at radius 3 is 2.27 bits per heavy atom. The Kier molecular flexibility index (Phi) is 5.56. The van der Waals surface area contributed by atoms with Gasteiger partial charge in [0, 0.05) is 17.2 Å². The molecule has 1 unspecified atom stereocenters. The molecule has 0 saturated heterocycles. The number of nitrogens with one attached hydrogen (secondary N) is 2. The molecule has 5 heteroatoms. The molecular formula is C21H24N2O3. The maximum Gasteiger partial charge on any atom is 0.251 e. The Bertz CT molecular complexity index is 765. The molecule has 0 radical (unpaired) electrons. The van der Waals surface area contributed by atoms with E-state index >= 15 is 0 Å². The number of amides is 2. The number of ether oxygens (including phenoxy) is 1. The Morgan fingerprint density at radius 1 is 1.08 bits per heavy atom. The molecule has 0 aromatic heterocycles. The molecule has 2 aromatic rings. The topological polar surface area (TPSA) is 67.4 Å². The van der Waals surface area contributed by atoms with Crippen LogP contribution in [0.15, 0.2) is 48.5 Å². The molecule has 1 fully saturated rings. The van der Waals surface area contributed by atoms with Crippen LogP contribution in [0, 0.1) is 5.92 Å². The predicted molar refractivity (Wildman–Crippen MR) is 101 cm³/mol. The van der Waals surface area contributed by atoms with Crippen molar-refractivity contribution in [2.75, 3.05) is 12.4 Å². The molecule has 0 heterocycles. The van der Waals surface area contributed by atoms with Crippen LogP contribution in [-0.4, -0.2) is 18.9 Å². The normalized spacial score (nSPS) is 14.4. The Hall–Kier alpha value is -2.82. The quantitative estimate of drug-likeness (QED) is 0.793. The molecule has 0 bridgehead atoms. The van der Waals surface area contributed by atoms with Crippen molar-refractivity contribution in [3.05, 3.63) is 59.7 Å². The summed E-state index contributed by atoms with van der Waals surface area (Å²) in [4.78, 5) is 24.3. The molecule has 2 aromatic carbocycles. The van der Waals surface area contributed by atoms with Crippen molar-refractivity contribution >= 4 is 17.5 Å². The van der Waals surface area contributed by atoms with Crippen LogP contribution >= 0.6 is 0 Å². The van der Waals surface area contributed by atoms with Crippen molar-refractivity contribution in [3.8, 4) is 5.75 Å². The fourth-order valence-electron chi connectivity index (χ4n) is 2.79. The first-order valence-electron chi connectivity index (χ1n) is 8.96. The van der Waals surface area contributed by atoms with E-state index in [4.69, 9.17) is 4.74 Å². The molecule has 2 amide bonds. The summed E-state index contributed by atoms with van der Waals surface area (Å²) in [5.74, 6) is 0.882. The second-order valence-corrected chi connectivity index (χ2v) is 6.55. The molecule has 1 aliphatic carbocycles. The van der Waals surface area contributed by atoms with Crippen molar-refractivity contribution in [1.82, 2.24) is 5.32 Å². The van der Waals surface area contributed by atoms with E-state index in [0.717, 1.165) is 36.3 Å². The minimum atomic E-state index is -0.132. The van der Waals surface area contributed by atoms with Gasteiger partial charge < -0.3 is 15.4 Å². The molecule has 26 heavy (non-hydrogen) atoms. The second kappa shape index (κ2) is 8.04. The Morgan fingerprint density at radius 2 is 1.73 bits per heavy atom. The van der Waals surface area contributed by atoms with Crippen LogP contribution in [0.5, 0.6) is 5.75 Å². The number of carbonyl (C=O) groups excluding carboxylic acids is 2. The van der Waals surface area contributed by atoms with Crippen molar-refractivity contribution in [1.29, 1.82) is 0 Å². The number of rotatable bonds is 7. The first kappa shape index (κ1) is 18.0. The predicted octanol–water partition coefficient (Wildman–Crippen LogP) is 3.92.